The summed E-state index contributed by atoms with van der Waals surface area (Å²) < 4.78 is 0. The van der Waals surface area contributed by atoms with Crippen molar-refractivity contribution in [3.05, 3.63) is 22.8 Å². The van der Waals surface area contributed by atoms with E-state index in [2.05, 4.69) is 6.92 Å². The van der Waals surface area contributed by atoms with Gasteiger partial charge < -0.3 is 0 Å². The lowest BCUT2D eigenvalue weighted by molar-refractivity contribution is -0.114. The van der Waals surface area contributed by atoms with Gasteiger partial charge in [0.2, 0.25) is 0 Å². The van der Waals surface area contributed by atoms with Gasteiger partial charge in [-0.15, -0.1) is 12.4 Å². The number of carbonyl (C=O) groups excluding carboxylic acids is 1. The van der Waals surface area contributed by atoms with Gasteiger partial charge in [-0.2, -0.15) is 0 Å². The minimum absolute atomic E-state index is 0. The molecule has 4 rings (SSSR count). The van der Waals surface area contributed by atoms with E-state index in [1.54, 1.807) is 11.1 Å². The number of rotatable bonds is 0. The number of hydrogen-bond donors (Lipinski definition) is 0. The first kappa shape index (κ1) is 14.4. The average Bonchev–Trinajstić information content (AvgIpc) is 2.79. The van der Waals surface area contributed by atoms with E-state index in [0.29, 0.717) is 11.2 Å². The second-order valence-corrected chi connectivity index (χ2v) is 7.44. The van der Waals surface area contributed by atoms with Crippen LogP contribution in [0.5, 0.6) is 0 Å². The molecule has 20 heavy (non-hydrogen) atoms. The highest BCUT2D eigenvalue weighted by atomic mass is 35.5. The lowest BCUT2D eigenvalue weighted by atomic mass is 9.58. The summed E-state index contributed by atoms with van der Waals surface area (Å²) in [4.78, 5) is 11.6. The molecule has 0 amide bonds. The molecule has 0 aliphatic heterocycles. The monoisotopic (exact) mass is 292 g/mol. The van der Waals surface area contributed by atoms with E-state index in [4.69, 9.17) is 0 Å². The zero-order valence-electron chi connectivity index (χ0n) is 12.4. The molecular formula is C18H25ClO. The Hall–Kier alpha value is -0.560. The molecule has 0 aromatic rings. The lowest BCUT2D eigenvalue weighted by Gasteiger charge is -2.47. The normalized spacial score (nSPS) is 39.5. The van der Waals surface area contributed by atoms with Crippen molar-refractivity contribution in [1.82, 2.24) is 0 Å². The Morgan fingerprint density at radius 3 is 2.80 bits per heavy atom. The zero-order valence-corrected chi connectivity index (χ0v) is 13.2. The molecule has 0 aromatic carbocycles. The molecule has 0 spiro atoms. The van der Waals surface area contributed by atoms with Crippen LogP contribution in [-0.2, 0) is 4.79 Å². The van der Waals surface area contributed by atoms with Crippen LogP contribution in [-0.4, -0.2) is 5.78 Å². The minimum atomic E-state index is 0. The first-order valence-electron chi connectivity index (χ1n) is 8.13. The molecule has 2 saturated carbocycles. The molecule has 0 N–H and O–H groups in total. The van der Waals surface area contributed by atoms with Gasteiger partial charge in [-0.1, -0.05) is 18.9 Å². The molecule has 0 aromatic heterocycles. The standard InChI is InChI=1S/C18H24O.ClH/c1-18-9-2-3-17(18)16-6-4-12-11-13(19)5-7-14(12)15(16)8-10-18;/h11,16-17H,2-10H2,1H3;1H/t16-,17+,18+;/m1./s1. The molecule has 0 saturated heterocycles. The number of allylic oxidation sites excluding steroid dienone is 4. The van der Waals surface area contributed by atoms with Crippen molar-refractivity contribution in [3.8, 4) is 0 Å². The van der Waals surface area contributed by atoms with Crippen LogP contribution in [0.1, 0.15) is 64.7 Å². The lowest BCUT2D eigenvalue weighted by Crippen LogP contribution is -2.36. The average molecular weight is 293 g/mol. The fourth-order valence-corrected chi connectivity index (χ4v) is 5.52. The summed E-state index contributed by atoms with van der Waals surface area (Å²) in [5.41, 5.74) is 5.43. The van der Waals surface area contributed by atoms with Crippen LogP contribution in [0, 0.1) is 17.3 Å². The summed E-state index contributed by atoms with van der Waals surface area (Å²) in [7, 11) is 0. The van der Waals surface area contributed by atoms with Gasteiger partial charge in [0.05, 0.1) is 0 Å². The fraction of sp³-hybridized carbons (Fsp3) is 0.722. The summed E-state index contributed by atoms with van der Waals surface area (Å²) in [6.07, 6.45) is 13.3. The third kappa shape index (κ3) is 2.01. The van der Waals surface area contributed by atoms with Crippen molar-refractivity contribution in [2.24, 2.45) is 17.3 Å². The molecular weight excluding hydrogens is 268 g/mol. The van der Waals surface area contributed by atoms with Gasteiger partial charge in [-0.05, 0) is 79.4 Å². The van der Waals surface area contributed by atoms with Crippen molar-refractivity contribution in [3.63, 3.8) is 0 Å². The van der Waals surface area contributed by atoms with E-state index >= 15 is 0 Å². The van der Waals surface area contributed by atoms with Gasteiger partial charge in [0, 0.05) is 6.42 Å². The van der Waals surface area contributed by atoms with Crippen LogP contribution in [0.2, 0.25) is 0 Å². The topological polar surface area (TPSA) is 17.1 Å². The first-order valence-corrected chi connectivity index (χ1v) is 8.13. The summed E-state index contributed by atoms with van der Waals surface area (Å²) in [6, 6.07) is 0. The van der Waals surface area contributed by atoms with Gasteiger partial charge in [0.15, 0.2) is 5.78 Å². The highest BCUT2D eigenvalue weighted by Crippen LogP contribution is 2.59. The van der Waals surface area contributed by atoms with Crippen LogP contribution >= 0.6 is 12.4 Å². The maximum atomic E-state index is 11.6. The Morgan fingerprint density at radius 2 is 1.95 bits per heavy atom. The molecule has 4 aliphatic rings. The third-order valence-corrected chi connectivity index (χ3v) is 6.51. The van der Waals surface area contributed by atoms with Gasteiger partial charge >= 0.3 is 0 Å². The van der Waals surface area contributed by atoms with Crippen LogP contribution in [0.3, 0.4) is 0 Å². The molecule has 4 aliphatic carbocycles. The predicted molar refractivity (Wildman–Crippen MR) is 84.0 cm³/mol. The third-order valence-electron chi connectivity index (χ3n) is 6.51. The van der Waals surface area contributed by atoms with Crippen molar-refractivity contribution in [2.75, 3.05) is 0 Å². The van der Waals surface area contributed by atoms with Crippen molar-refractivity contribution in [1.29, 1.82) is 0 Å². The van der Waals surface area contributed by atoms with Crippen molar-refractivity contribution in [2.45, 2.75) is 64.7 Å². The van der Waals surface area contributed by atoms with E-state index in [1.807, 2.05) is 6.08 Å². The van der Waals surface area contributed by atoms with Crippen LogP contribution < -0.4 is 0 Å². The van der Waals surface area contributed by atoms with Gasteiger partial charge in [-0.25, -0.2) is 0 Å². The number of carbonyl (C=O) groups is 1. The van der Waals surface area contributed by atoms with Crippen LogP contribution in [0.4, 0.5) is 0 Å². The van der Waals surface area contributed by atoms with Gasteiger partial charge in [-0.3, -0.25) is 4.79 Å². The molecule has 3 atom stereocenters. The zero-order chi connectivity index (χ0) is 13.0. The van der Waals surface area contributed by atoms with E-state index in [9.17, 15) is 4.79 Å². The van der Waals surface area contributed by atoms with Gasteiger partial charge in [0.25, 0.3) is 0 Å². The van der Waals surface area contributed by atoms with Gasteiger partial charge in [0.1, 0.15) is 0 Å². The Bertz CT molecular complexity index is 502. The number of hydrogen-bond acceptors (Lipinski definition) is 1. The number of halogens is 1. The molecule has 1 nitrogen and oxygen atoms in total. The highest BCUT2D eigenvalue weighted by Gasteiger charge is 2.48. The summed E-state index contributed by atoms with van der Waals surface area (Å²) >= 11 is 0. The Balaban J connectivity index is 0.00000121. The van der Waals surface area contributed by atoms with E-state index < -0.39 is 0 Å². The maximum absolute atomic E-state index is 11.6. The molecule has 0 unspecified atom stereocenters. The second-order valence-electron chi connectivity index (χ2n) is 7.44. The van der Waals surface area contributed by atoms with Crippen LogP contribution in [0.15, 0.2) is 22.8 Å². The SMILES string of the molecule is C[C@@]12CCC[C@H]1[C@@H]1CCC3=CC(=O)CCC3=C1CC2.Cl. The number of ketones is 1. The molecule has 110 valence electrons. The molecule has 0 radical (unpaired) electrons. The quantitative estimate of drug-likeness (QED) is 0.614. The first-order chi connectivity index (χ1) is 9.17. The second kappa shape index (κ2) is 5.02. The molecule has 2 fully saturated rings. The fourth-order valence-electron chi connectivity index (χ4n) is 5.52. The Morgan fingerprint density at radius 1 is 1.10 bits per heavy atom. The molecule has 0 heterocycles. The Kier molecular flexibility index (Phi) is 3.61. The van der Waals surface area contributed by atoms with E-state index in [0.717, 1.165) is 24.7 Å². The highest BCUT2D eigenvalue weighted by molar-refractivity contribution is 5.93. The molecule has 2 heteroatoms. The summed E-state index contributed by atoms with van der Waals surface area (Å²) in [6.45, 7) is 2.54. The maximum Gasteiger partial charge on any atom is 0.156 e. The van der Waals surface area contributed by atoms with Crippen LogP contribution in [0.25, 0.3) is 0 Å². The number of fused-ring (bicyclic) bond motifs is 4. The van der Waals surface area contributed by atoms with Crippen molar-refractivity contribution < 1.29 is 4.79 Å². The minimum Gasteiger partial charge on any atom is -0.295 e. The van der Waals surface area contributed by atoms with E-state index in [1.165, 1.54) is 50.5 Å². The molecule has 0 bridgehead atoms. The Labute approximate surface area is 128 Å². The van der Waals surface area contributed by atoms with E-state index in [-0.39, 0.29) is 12.4 Å². The smallest absolute Gasteiger partial charge is 0.156 e. The van der Waals surface area contributed by atoms with Crippen molar-refractivity contribution >= 4 is 18.2 Å². The predicted octanol–water partition coefficient (Wildman–Crippen LogP) is 5.00. The summed E-state index contributed by atoms with van der Waals surface area (Å²) in [5, 5.41) is 0. The largest absolute Gasteiger partial charge is 0.295 e. The summed E-state index contributed by atoms with van der Waals surface area (Å²) in [5.74, 6) is 2.17.